The molecule has 0 saturated heterocycles. The number of rotatable bonds is 63. The minimum absolute atomic E-state index is 0.0859. The number of hydrogen-bond donors (Lipinski definition) is 0. The molecule has 0 N–H and O–H groups in total. The van der Waals surface area contributed by atoms with E-state index in [9.17, 15) is 14.4 Å². The van der Waals surface area contributed by atoms with E-state index in [0.29, 0.717) is 19.3 Å². The van der Waals surface area contributed by atoms with Crippen LogP contribution in [0.4, 0.5) is 0 Å². The van der Waals surface area contributed by atoms with Crippen molar-refractivity contribution in [2.24, 2.45) is 0 Å². The lowest BCUT2D eigenvalue weighted by atomic mass is 10.0. The van der Waals surface area contributed by atoms with Gasteiger partial charge in [-0.05, 0) is 96.3 Å². The number of allylic oxidation sites excluding steroid dienone is 14. The normalized spacial score (nSPS) is 12.6. The van der Waals surface area contributed by atoms with Crippen molar-refractivity contribution in [2.45, 2.75) is 354 Å². The molecule has 0 heterocycles. The summed E-state index contributed by atoms with van der Waals surface area (Å²) in [6.07, 6.45) is 90.6. The average Bonchev–Trinajstić information content (AvgIpc) is 3.46. The number of unbranched alkanes of at least 4 members (excludes halogenated alkanes) is 38. The summed E-state index contributed by atoms with van der Waals surface area (Å²) in [6, 6.07) is 0. The maximum absolute atomic E-state index is 12.9. The average molecular weight is 1120 g/mol. The van der Waals surface area contributed by atoms with E-state index >= 15 is 0 Å². The van der Waals surface area contributed by atoms with Gasteiger partial charge in [0.05, 0.1) is 0 Å². The zero-order valence-corrected chi connectivity index (χ0v) is 53.1. The minimum atomic E-state index is -0.792. The second-order valence-electron chi connectivity index (χ2n) is 23.1. The first kappa shape index (κ1) is 76.6. The Labute approximate surface area is 496 Å². The van der Waals surface area contributed by atoms with Gasteiger partial charge in [-0.25, -0.2) is 0 Å². The molecule has 0 rings (SSSR count). The molecule has 0 spiro atoms. The van der Waals surface area contributed by atoms with E-state index in [1.807, 2.05) is 0 Å². The molecular weight excluding hydrogens is 985 g/mol. The van der Waals surface area contributed by atoms with Crippen molar-refractivity contribution < 1.29 is 28.6 Å². The molecule has 0 fully saturated rings. The molecule has 1 atom stereocenters. The largest absolute Gasteiger partial charge is 0.462 e. The van der Waals surface area contributed by atoms with Crippen LogP contribution in [0.3, 0.4) is 0 Å². The second-order valence-corrected chi connectivity index (χ2v) is 23.1. The van der Waals surface area contributed by atoms with Crippen molar-refractivity contribution in [3.8, 4) is 0 Å². The van der Waals surface area contributed by atoms with Crippen LogP contribution in [-0.4, -0.2) is 37.2 Å². The van der Waals surface area contributed by atoms with Crippen LogP contribution < -0.4 is 0 Å². The fourth-order valence-electron chi connectivity index (χ4n) is 9.97. The Morgan fingerprint density at radius 2 is 0.487 bits per heavy atom. The Bertz CT molecular complexity index is 1520. The van der Waals surface area contributed by atoms with Crippen LogP contribution >= 0.6 is 0 Å². The van der Waals surface area contributed by atoms with Crippen LogP contribution in [0.5, 0.6) is 0 Å². The highest BCUT2D eigenvalue weighted by atomic mass is 16.6. The van der Waals surface area contributed by atoms with E-state index in [2.05, 4.69) is 106 Å². The van der Waals surface area contributed by atoms with Crippen molar-refractivity contribution in [2.75, 3.05) is 13.2 Å². The summed E-state index contributed by atoms with van der Waals surface area (Å²) >= 11 is 0. The van der Waals surface area contributed by atoms with E-state index in [1.54, 1.807) is 0 Å². The van der Waals surface area contributed by atoms with Gasteiger partial charge >= 0.3 is 17.9 Å². The van der Waals surface area contributed by atoms with Crippen LogP contribution in [0.15, 0.2) is 85.1 Å². The van der Waals surface area contributed by atoms with Gasteiger partial charge in [0.15, 0.2) is 6.10 Å². The van der Waals surface area contributed by atoms with Gasteiger partial charge in [0.1, 0.15) is 13.2 Å². The van der Waals surface area contributed by atoms with Crippen molar-refractivity contribution in [1.29, 1.82) is 0 Å². The standard InChI is InChI=1S/C74H130O6/c1-4-7-10-13-16-19-22-24-26-28-30-31-32-33-34-35-36-37-38-39-40-41-42-43-45-46-48-50-52-55-58-61-64-67-73(76)79-70-71(69-78-72(75)66-63-60-57-54-21-18-15-12-9-6-3)80-74(77)68-65-62-59-56-53-51-49-47-44-29-27-25-23-20-17-14-11-8-5-2/h8,11,17,20,22,24-25,27-28,30,44,47,51,53,71H,4-7,9-10,12-16,18-19,21,23,26,29,31-43,45-46,48-50,52,54-70H2,1-3H3/b11-8-,20-17-,24-22-,27-25-,30-28-,47-44-,53-51-. The van der Waals surface area contributed by atoms with Gasteiger partial charge in [-0.3, -0.25) is 14.4 Å². The maximum Gasteiger partial charge on any atom is 0.306 e. The van der Waals surface area contributed by atoms with Crippen molar-refractivity contribution in [1.82, 2.24) is 0 Å². The monoisotopic (exact) mass is 1110 g/mol. The summed E-state index contributed by atoms with van der Waals surface area (Å²) in [5.74, 6) is -0.905. The third-order valence-electron chi connectivity index (χ3n) is 15.1. The first-order valence-electron chi connectivity index (χ1n) is 34.6. The Kier molecular flexibility index (Phi) is 65.2. The SMILES string of the molecule is CC/C=C\C/C=C\C/C=C\C/C=C\C/C=C\CCCCCC(=O)OC(COC(=O)CCCCCCCCCCCC)COC(=O)CCCCCCCCCCCCCCCCCCCCCCC/C=C\C/C=C\CCCCCCC. The summed E-state index contributed by atoms with van der Waals surface area (Å²) in [6.45, 7) is 6.51. The number of esters is 3. The molecule has 0 aromatic heterocycles. The number of carbonyl (C=O) groups is 3. The zero-order valence-electron chi connectivity index (χ0n) is 53.1. The first-order valence-corrected chi connectivity index (χ1v) is 34.6. The Balaban J connectivity index is 4.13. The van der Waals surface area contributed by atoms with Crippen LogP contribution in [-0.2, 0) is 28.6 Å². The zero-order chi connectivity index (χ0) is 57.8. The van der Waals surface area contributed by atoms with E-state index in [0.717, 1.165) is 103 Å². The van der Waals surface area contributed by atoms with Gasteiger partial charge in [-0.2, -0.15) is 0 Å². The maximum atomic E-state index is 12.9. The molecule has 1 unspecified atom stereocenters. The molecule has 0 aliphatic carbocycles. The predicted molar refractivity (Wildman–Crippen MR) is 348 cm³/mol. The molecular formula is C74H130O6. The fraction of sp³-hybridized carbons (Fsp3) is 0.770. The Hall–Kier alpha value is -3.41. The van der Waals surface area contributed by atoms with E-state index in [1.165, 1.54) is 205 Å². The highest BCUT2D eigenvalue weighted by Gasteiger charge is 2.19. The minimum Gasteiger partial charge on any atom is -0.462 e. The van der Waals surface area contributed by atoms with E-state index < -0.39 is 6.10 Å². The van der Waals surface area contributed by atoms with Gasteiger partial charge in [0.2, 0.25) is 0 Å². The lowest BCUT2D eigenvalue weighted by Crippen LogP contribution is -2.30. The second kappa shape index (κ2) is 68.1. The molecule has 0 saturated carbocycles. The van der Waals surface area contributed by atoms with Crippen LogP contribution in [0.25, 0.3) is 0 Å². The van der Waals surface area contributed by atoms with Crippen LogP contribution in [0.1, 0.15) is 348 Å². The van der Waals surface area contributed by atoms with Crippen LogP contribution in [0.2, 0.25) is 0 Å². The quantitative estimate of drug-likeness (QED) is 0.0261. The highest BCUT2D eigenvalue weighted by molar-refractivity contribution is 5.71. The highest BCUT2D eigenvalue weighted by Crippen LogP contribution is 2.17. The Morgan fingerprint density at radius 1 is 0.263 bits per heavy atom. The fourth-order valence-corrected chi connectivity index (χ4v) is 9.97. The van der Waals surface area contributed by atoms with Gasteiger partial charge in [-0.1, -0.05) is 318 Å². The summed E-state index contributed by atoms with van der Waals surface area (Å²) in [5, 5.41) is 0. The van der Waals surface area contributed by atoms with Crippen LogP contribution in [0, 0.1) is 0 Å². The third-order valence-corrected chi connectivity index (χ3v) is 15.1. The molecule has 0 aliphatic heterocycles. The van der Waals surface area contributed by atoms with E-state index in [-0.39, 0.29) is 31.1 Å². The van der Waals surface area contributed by atoms with Gasteiger partial charge in [-0.15, -0.1) is 0 Å². The molecule has 0 amide bonds. The molecule has 0 aromatic rings. The smallest absolute Gasteiger partial charge is 0.306 e. The number of carbonyl (C=O) groups excluding carboxylic acids is 3. The van der Waals surface area contributed by atoms with Crippen molar-refractivity contribution in [3.05, 3.63) is 85.1 Å². The number of ether oxygens (including phenoxy) is 3. The topological polar surface area (TPSA) is 78.9 Å². The summed E-state index contributed by atoms with van der Waals surface area (Å²) in [5.41, 5.74) is 0. The van der Waals surface area contributed by atoms with Gasteiger partial charge in [0, 0.05) is 19.3 Å². The molecule has 6 heteroatoms. The summed E-state index contributed by atoms with van der Waals surface area (Å²) in [7, 11) is 0. The molecule has 80 heavy (non-hydrogen) atoms. The van der Waals surface area contributed by atoms with Gasteiger partial charge in [0.25, 0.3) is 0 Å². The van der Waals surface area contributed by atoms with Crippen molar-refractivity contribution in [3.63, 3.8) is 0 Å². The predicted octanol–water partition coefficient (Wildman–Crippen LogP) is 23.8. The van der Waals surface area contributed by atoms with Gasteiger partial charge < -0.3 is 14.2 Å². The molecule has 0 radical (unpaired) electrons. The summed E-state index contributed by atoms with van der Waals surface area (Å²) in [4.78, 5) is 38.3. The van der Waals surface area contributed by atoms with E-state index in [4.69, 9.17) is 14.2 Å². The Morgan fingerprint density at radius 3 is 0.775 bits per heavy atom. The first-order chi connectivity index (χ1) is 39.5. The molecule has 6 nitrogen and oxygen atoms in total. The lowest BCUT2D eigenvalue weighted by Gasteiger charge is -2.18. The molecule has 0 aromatic carbocycles. The number of hydrogen-bond acceptors (Lipinski definition) is 6. The lowest BCUT2D eigenvalue weighted by molar-refractivity contribution is -0.167. The third kappa shape index (κ3) is 65.4. The molecule has 462 valence electrons. The molecule has 0 aliphatic rings. The van der Waals surface area contributed by atoms with Crippen molar-refractivity contribution >= 4 is 17.9 Å². The summed E-state index contributed by atoms with van der Waals surface area (Å²) < 4.78 is 16.9. The molecule has 0 bridgehead atoms.